The van der Waals surface area contributed by atoms with Gasteiger partial charge < -0.3 is 20.7 Å². The Bertz CT molecular complexity index is 397. The van der Waals surface area contributed by atoms with Crippen LogP contribution in [0.15, 0.2) is 0 Å². The van der Waals surface area contributed by atoms with Crippen molar-refractivity contribution in [1.82, 2.24) is 10.2 Å². The molecule has 1 aliphatic carbocycles. The number of nitrogens with zero attached hydrogens (tertiary/aromatic N) is 1. The van der Waals surface area contributed by atoms with E-state index >= 15 is 0 Å². The second-order valence-corrected chi connectivity index (χ2v) is 6.46. The molecular formula is C15H28ClN3O3. The molecule has 1 saturated carbocycles. The van der Waals surface area contributed by atoms with Crippen LogP contribution in [0.3, 0.4) is 0 Å². The summed E-state index contributed by atoms with van der Waals surface area (Å²) in [6.45, 7) is 0.864. The van der Waals surface area contributed by atoms with Crippen LogP contribution in [0.2, 0.25) is 0 Å². The molecule has 2 atom stereocenters. The molecule has 2 amide bonds. The third-order valence-corrected chi connectivity index (χ3v) is 4.68. The van der Waals surface area contributed by atoms with E-state index < -0.39 is 11.5 Å². The molecule has 0 radical (unpaired) electrons. The van der Waals surface area contributed by atoms with Gasteiger partial charge in [-0.15, -0.1) is 12.4 Å². The first-order chi connectivity index (χ1) is 9.98. The zero-order valence-electron chi connectivity index (χ0n) is 13.5. The molecule has 1 heterocycles. The maximum Gasteiger partial charge on any atom is 0.249 e. The van der Waals surface area contributed by atoms with Crippen molar-refractivity contribution in [2.24, 2.45) is 11.1 Å². The highest BCUT2D eigenvalue weighted by molar-refractivity contribution is 5.85. The SMILES string of the molecule is CN(C)C(=O)C1(CNC(=O)[C@@H]2CC[C@H](CN)O2)CCCC1.Cl. The highest BCUT2D eigenvalue weighted by Crippen LogP contribution is 2.39. The largest absolute Gasteiger partial charge is 0.364 e. The molecule has 0 aromatic rings. The van der Waals surface area contributed by atoms with Crippen LogP contribution in [0.4, 0.5) is 0 Å². The van der Waals surface area contributed by atoms with E-state index in [1.165, 1.54) is 0 Å². The standard InChI is InChI=1S/C15H27N3O3.ClH/c1-18(2)14(20)15(7-3-4-8-15)10-17-13(19)12-6-5-11(9-16)21-12;/h11-12H,3-10,16H2,1-2H3,(H,17,19);1H/t11-,12+;/m1./s1. The van der Waals surface area contributed by atoms with Gasteiger partial charge in [0.05, 0.1) is 11.5 Å². The average molecular weight is 334 g/mol. The van der Waals surface area contributed by atoms with E-state index in [2.05, 4.69) is 5.32 Å². The van der Waals surface area contributed by atoms with E-state index in [-0.39, 0.29) is 30.3 Å². The van der Waals surface area contributed by atoms with Crippen LogP contribution in [-0.2, 0) is 14.3 Å². The summed E-state index contributed by atoms with van der Waals surface area (Å²) in [5.74, 6) is 0.0104. The quantitative estimate of drug-likeness (QED) is 0.775. The lowest BCUT2D eigenvalue weighted by Gasteiger charge is -2.31. The predicted octanol–water partition coefficient (Wildman–Crippen LogP) is 0.679. The van der Waals surface area contributed by atoms with Crippen molar-refractivity contribution in [3.8, 4) is 0 Å². The topological polar surface area (TPSA) is 84.7 Å². The van der Waals surface area contributed by atoms with Crippen LogP contribution in [0.5, 0.6) is 0 Å². The van der Waals surface area contributed by atoms with Gasteiger partial charge in [-0.2, -0.15) is 0 Å². The van der Waals surface area contributed by atoms with E-state index in [0.29, 0.717) is 19.5 Å². The fourth-order valence-corrected chi connectivity index (χ4v) is 3.43. The van der Waals surface area contributed by atoms with Crippen LogP contribution in [0.25, 0.3) is 0 Å². The number of halogens is 1. The van der Waals surface area contributed by atoms with Crippen molar-refractivity contribution in [3.63, 3.8) is 0 Å². The molecule has 7 heteroatoms. The van der Waals surface area contributed by atoms with Crippen LogP contribution >= 0.6 is 12.4 Å². The molecule has 3 N–H and O–H groups in total. The third-order valence-electron chi connectivity index (χ3n) is 4.68. The summed E-state index contributed by atoms with van der Waals surface area (Å²) in [4.78, 5) is 26.3. The second kappa shape index (κ2) is 8.13. The smallest absolute Gasteiger partial charge is 0.249 e. The molecule has 22 heavy (non-hydrogen) atoms. The van der Waals surface area contributed by atoms with Gasteiger partial charge in [-0.1, -0.05) is 12.8 Å². The Morgan fingerprint density at radius 3 is 2.41 bits per heavy atom. The van der Waals surface area contributed by atoms with Gasteiger partial charge in [-0.25, -0.2) is 0 Å². The summed E-state index contributed by atoms with van der Waals surface area (Å²) in [7, 11) is 3.55. The first kappa shape index (κ1) is 19.2. The molecule has 0 unspecified atom stereocenters. The lowest BCUT2D eigenvalue weighted by atomic mass is 9.84. The molecule has 2 fully saturated rings. The number of hydrogen-bond donors (Lipinski definition) is 2. The zero-order valence-corrected chi connectivity index (χ0v) is 14.3. The molecule has 2 aliphatic rings. The van der Waals surface area contributed by atoms with Crippen molar-refractivity contribution in [2.45, 2.75) is 50.7 Å². The first-order valence-corrected chi connectivity index (χ1v) is 7.83. The monoisotopic (exact) mass is 333 g/mol. The van der Waals surface area contributed by atoms with Crippen molar-refractivity contribution in [3.05, 3.63) is 0 Å². The van der Waals surface area contributed by atoms with Gasteiger partial charge in [0.2, 0.25) is 11.8 Å². The fraction of sp³-hybridized carbons (Fsp3) is 0.867. The predicted molar refractivity (Wildman–Crippen MR) is 86.8 cm³/mol. The van der Waals surface area contributed by atoms with Crippen molar-refractivity contribution in [1.29, 1.82) is 0 Å². The van der Waals surface area contributed by atoms with E-state index in [1.54, 1.807) is 19.0 Å². The molecule has 0 aromatic heterocycles. The Labute approximate surface area is 138 Å². The minimum atomic E-state index is -0.426. The summed E-state index contributed by atoms with van der Waals surface area (Å²) in [5.41, 5.74) is 5.13. The van der Waals surface area contributed by atoms with Gasteiger partial charge in [0, 0.05) is 27.2 Å². The highest BCUT2D eigenvalue weighted by atomic mass is 35.5. The van der Waals surface area contributed by atoms with Gasteiger partial charge in [-0.05, 0) is 25.7 Å². The van der Waals surface area contributed by atoms with Crippen LogP contribution in [-0.4, -0.2) is 56.1 Å². The van der Waals surface area contributed by atoms with Crippen molar-refractivity contribution in [2.75, 3.05) is 27.2 Å². The van der Waals surface area contributed by atoms with Crippen molar-refractivity contribution < 1.29 is 14.3 Å². The number of carbonyl (C=O) groups is 2. The lowest BCUT2D eigenvalue weighted by Crippen LogP contribution is -2.48. The Morgan fingerprint density at radius 2 is 1.91 bits per heavy atom. The molecule has 128 valence electrons. The summed E-state index contributed by atoms with van der Waals surface area (Å²) < 4.78 is 5.60. The molecular weight excluding hydrogens is 306 g/mol. The number of nitrogens with one attached hydrogen (secondary N) is 1. The average Bonchev–Trinajstić information content (AvgIpc) is 3.13. The Kier molecular flexibility index (Phi) is 7.09. The number of amides is 2. The number of ether oxygens (including phenoxy) is 1. The number of carbonyl (C=O) groups excluding carboxylic acids is 2. The van der Waals surface area contributed by atoms with E-state index in [1.807, 2.05) is 0 Å². The first-order valence-electron chi connectivity index (χ1n) is 7.83. The molecule has 6 nitrogen and oxygen atoms in total. The van der Waals surface area contributed by atoms with Crippen LogP contribution in [0, 0.1) is 5.41 Å². The molecule has 2 rings (SSSR count). The fourth-order valence-electron chi connectivity index (χ4n) is 3.43. The highest BCUT2D eigenvalue weighted by Gasteiger charge is 2.42. The molecule has 1 saturated heterocycles. The van der Waals surface area contributed by atoms with Gasteiger partial charge in [0.25, 0.3) is 0 Å². The summed E-state index contributed by atoms with van der Waals surface area (Å²) in [5, 5.41) is 2.94. The Morgan fingerprint density at radius 1 is 1.27 bits per heavy atom. The lowest BCUT2D eigenvalue weighted by molar-refractivity contribution is -0.140. The van der Waals surface area contributed by atoms with Crippen molar-refractivity contribution >= 4 is 24.2 Å². The maximum atomic E-state index is 12.4. The maximum absolute atomic E-state index is 12.4. The minimum absolute atomic E-state index is 0. The molecule has 0 aromatic carbocycles. The summed E-state index contributed by atoms with van der Waals surface area (Å²) >= 11 is 0. The number of rotatable bonds is 5. The number of hydrogen-bond acceptors (Lipinski definition) is 4. The second-order valence-electron chi connectivity index (χ2n) is 6.46. The van der Waals surface area contributed by atoms with E-state index in [9.17, 15) is 9.59 Å². The van der Waals surface area contributed by atoms with Crippen LogP contribution < -0.4 is 11.1 Å². The third kappa shape index (κ3) is 4.12. The van der Waals surface area contributed by atoms with Gasteiger partial charge in [-0.3, -0.25) is 9.59 Å². The molecule has 0 spiro atoms. The summed E-state index contributed by atoms with van der Waals surface area (Å²) in [6.07, 6.45) is 4.91. The normalized spacial score (nSPS) is 26.3. The Balaban J connectivity index is 0.00000242. The van der Waals surface area contributed by atoms with E-state index in [0.717, 1.165) is 32.1 Å². The minimum Gasteiger partial charge on any atom is -0.364 e. The Hall–Kier alpha value is -0.850. The molecule has 0 bridgehead atoms. The van der Waals surface area contributed by atoms with Gasteiger partial charge in [0.1, 0.15) is 6.10 Å². The van der Waals surface area contributed by atoms with Gasteiger partial charge >= 0.3 is 0 Å². The van der Waals surface area contributed by atoms with Gasteiger partial charge in [0.15, 0.2) is 0 Å². The zero-order chi connectivity index (χ0) is 15.5. The summed E-state index contributed by atoms with van der Waals surface area (Å²) in [6, 6.07) is 0. The van der Waals surface area contributed by atoms with Crippen LogP contribution in [0.1, 0.15) is 38.5 Å². The molecule has 1 aliphatic heterocycles. The van der Waals surface area contributed by atoms with E-state index in [4.69, 9.17) is 10.5 Å². The number of nitrogens with two attached hydrogens (primary N) is 1.